The highest BCUT2D eigenvalue weighted by molar-refractivity contribution is 7.89. The van der Waals surface area contributed by atoms with Gasteiger partial charge in [0.05, 0.1) is 5.75 Å². The highest BCUT2D eigenvalue weighted by atomic mass is 32.2. The van der Waals surface area contributed by atoms with Gasteiger partial charge in [0, 0.05) is 25.6 Å². The lowest BCUT2D eigenvalue weighted by Gasteiger charge is -2.36. The van der Waals surface area contributed by atoms with Crippen LogP contribution in [0.25, 0.3) is 0 Å². The largest absolute Gasteiger partial charge is 0.406 e. The van der Waals surface area contributed by atoms with Crippen molar-refractivity contribution >= 4 is 15.9 Å². The van der Waals surface area contributed by atoms with Gasteiger partial charge in [0.15, 0.2) is 0 Å². The molecule has 0 aromatic heterocycles. The summed E-state index contributed by atoms with van der Waals surface area (Å²) in [6.45, 7) is 6.39. The molecule has 1 aliphatic rings. The number of alkyl halides is 3. The summed E-state index contributed by atoms with van der Waals surface area (Å²) in [6, 6.07) is 0. The van der Waals surface area contributed by atoms with Gasteiger partial charge in [-0.1, -0.05) is 34.1 Å². The van der Waals surface area contributed by atoms with Gasteiger partial charge in [-0.25, -0.2) is 12.7 Å². The fourth-order valence-electron chi connectivity index (χ4n) is 3.10. The molecule has 1 fully saturated rings. The van der Waals surface area contributed by atoms with E-state index in [2.05, 4.69) is 0 Å². The predicted molar refractivity (Wildman–Crippen MR) is 95.1 cm³/mol. The molecule has 0 saturated carbocycles. The molecule has 0 aromatic rings. The SMILES string of the molecule is CCCCS(=O)(=O)N1CCC(C(=O)N(CC(C)(C)C)CC(F)(F)F)CC1. The second kappa shape index (κ2) is 8.91. The van der Waals surface area contributed by atoms with Crippen molar-refractivity contribution in [3.05, 3.63) is 0 Å². The van der Waals surface area contributed by atoms with Gasteiger partial charge in [0.1, 0.15) is 6.54 Å². The molecule has 0 aromatic carbocycles. The van der Waals surface area contributed by atoms with Crippen molar-refractivity contribution in [2.24, 2.45) is 11.3 Å². The van der Waals surface area contributed by atoms with Crippen LogP contribution < -0.4 is 0 Å². The van der Waals surface area contributed by atoms with E-state index in [0.29, 0.717) is 6.42 Å². The number of hydrogen-bond donors (Lipinski definition) is 0. The van der Waals surface area contributed by atoms with E-state index < -0.39 is 40.0 Å². The zero-order valence-electron chi connectivity index (χ0n) is 16.1. The molecule has 1 amide bonds. The average molecular weight is 401 g/mol. The first-order chi connectivity index (χ1) is 11.7. The van der Waals surface area contributed by atoms with Crippen molar-refractivity contribution in [3.8, 4) is 0 Å². The van der Waals surface area contributed by atoms with Crippen LogP contribution in [0, 0.1) is 11.3 Å². The van der Waals surface area contributed by atoms with E-state index in [1.165, 1.54) is 4.31 Å². The highest BCUT2D eigenvalue weighted by Crippen LogP contribution is 2.27. The minimum Gasteiger partial charge on any atom is -0.333 e. The molecule has 0 aliphatic carbocycles. The molecule has 5 nitrogen and oxygen atoms in total. The molecule has 1 heterocycles. The number of piperidine rings is 1. The molecule has 0 atom stereocenters. The molecular formula is C17H31F3N2O3S. The number of carbonyl (C=O) groups excluding carboxylic acids is 1. The van der Waals surface area contributed by atoms with Crippen LogP contribution in [0.3, 0.4) is 0 Å². The Bertz CT molecular complexity index is 547. The van der Waals surface area contributed by atoms with E-state index in [0.717, 1.165) is 11.3 Å². The normalized spacial score (nSPS) is 18.1. The molecule has 0 unspecified atom stereocenters. The van der Waals surface area contributed by atoms with Gasteiger partial charge >= 0.3 is 6.18 Å². The number of hydrogen-bond acceptors (Lipinski definition) is 3. The zero-order valence-corrected chi connectivity index (χ0v) is 16.9. The second-order valence-corrected chi connectivity index (χ2v) is 10.3. The smallest absolute Gasteiger partial charge is 0.333 e. The van der Waals surface area contributed by atoms with Crippen LogP contribution in [0.2, 0.25) is 0 Å². The minimum atomic E-state index is -4.45. The van der Waals surface area contributed by atoms with Gasteiger partial charge in [0.25, 0.3) is 0 Å². The number of carbonyl (C=O) groups is 1. The minimum absolute atomic E-state index is 0.0142. The summed E-state index contributed by atoms with van der Waals surface area (Å²) in [5, 5.41) is 0. The molecule has 0 radical (unpaired) electrons. The van der Waals surface area contributed by atoms with E-state index >= 15 is 0 Å². The molecule has 1 rings (SSSR count). The Hall–Kier alpha value is -0.830. The lowest BCUT2D eigenvalue weighted by Crippen LogP contribution is -2.49. The molecule has 154 valence electrons. The van der Waals surface area contributed by atoms with E-state index in [1.807, 2.05) is 6.92 Å². The predicted octanol–water partition coefficient (Wildman–Crippen LogP) is 3.27. The number of nitrogens with zero attached hydrogens (tertiary/aromatic N) is 2. The third-order valence-electron chi connectivity index (χ3n) is 4.30. The lowest BCUT2D eigenvalue weighted by molar-refractivity contribution is -0.166. The first-order valence-electron chi connectivity index (χ1n) is 9.08. The Morgan fingerprint density at radius 1 is 1.12 bits per heavy atom. The molecular weight excluding hydrogens is 369 g/mol. The number of amides is 1. The molecule has 26 heavy (non-hydrogen) atoms. The van der Waals surface area contributed by atoms with E-state index in [1.54, 1.807) is 20.8 Å². The van der Waals surface area contributed by atoms with Crippen LogP contribution >= 0.6 is 0 Å². The van der Waals surface area contributed by atoms with Crippen LogP contribution in [0.4, 0.5) is 13.2 Å². The van der Waals surface area contributed by atoms with Crippen molar-refractivity contribution in [2.75, 3.05) is 31.9 Å². The number of sulfonamides is 1. The quantitative estimate of drug-likeness (QED) is 0.659. The maximum absolute atomic E-state index is 12.9. The van der Waals surface area contributed by atoms with Gasteiger partial charge in [-0.15, -0.1) is 0 Å². The fraction of sp³-hybridized carbons (Fsp3) is 0.941. The zero-order chi connectivity index (χ0) is 20.2. The van der Waals surface area contributed by atoms with Crippen molar-refractivity contribution in [2.45, 2.75) is 59.6 Å². The summed E-state index contributed by atoms with van der Waals surface area (Å²) in [6.07, 6.45) is -2.57. The Labute approximate surface area is 155 Å². The Morgan fingerprint density at radius 2 is 1.65 bits per heavy atom. The van der Waals surface area contributed by atoms with Crippen LogP contribution in [0.5, 0.6) is 0 Å². The summed E-state index contributed by atoms with van der Waals surface area (Å²) in [4.78, 5) is 13.5. The van der Waals surface area contributed by atoms with Crippen molar-refractivity contribution in [1.29, 1.82) is 0 Å². The maximum atomic E-state index is 12.9. The van der Waals surface area contributed by atoms with Gasteiger partial charge in [-0.3, -0.25) is 4.79 Å². The van der Waals surface area contributed by atoms with E-state index in [-0.39, 0.29) is 38.2 Å². The standard InChI is InChI=1S/C17H31F3N2O3S/c1-5-6-11-26(24,25)22-9-7-14(8-10-22)15(23)21(12-16(2,3)4)13-17(18,19)20/h14H,5-13H2,1-4H3. The summed E-state index contributed by atoms with van der Waals surface area (Å²) in [5.41, 5.74) is -0.453. The topological polar surface area (TPSA) is 57.7 Å². The lowest BCUT2D eigenvalue weighted by atomic mass is 9.92. The average Bonchev–Trinajstić information content (AvgIpc) is 2.49. The Balaban J connectivity index is 2.74. The van der Waals surface area contributed by atoms with Gasteiger partial charge in [0.2, 0.25) is 15.9 Å². The van der Waals surface area contributed by atoms with Crippen LogP contribution in [0.1, 0.15) is 53.4 Å². The molecule has 9 heteroatoms. The maximum Gasteiger partial charge on any atom is 0.406 e. The van der Waals surface area contributed by atoms with E-state index in [4.69, 9.17) is 0 Å². The van der Waals surface area contributed by atoms with Crippen molar-refractivity contribution < 1.29 is 26.4 Å². The third-order valence-corrected chi connectivity index (χ3v) is 6.26. The third kappa shape index (κ3) is 7.82. The first kappa shape index (κ1) is 23.2. The Morgan fingerprint density at radius 3 is 2.08 bits per heavy atom. The molecule has 1 aliphatic heterocycles. The molecule has 1 saturated heterocycles. The molecule has 0 bridgehead atoms. The van der Waals surface area contributed by atoms with Crippen LogP contribution in [-0.4, -0.2) is 61.6 Å². The summed E-state index contributed by atoms with van der Waals surface area (Å²) in [7, 11) is -3.34. The highest BCUT2D eigenvalue weighted by Gasteiger charge is 2.38. The summed E-state index contributed by atoms with van der Waals surface area (Å²) < 4.78 is 64.4. The Kier molecular flexibility index (Phi) is 7.95. The first-order valence-corrected chi connectivity index (χ1v) is 10.7. The van der Waals surface area contributed by atoms with Crippen LogP contribution in [-0.2, 0) is 14.8 Å². The van der Waals surface area contributed by atoms with Crippen molar-refractivity contribution in [1.82, 2.24) is 9.21 Å². The van der Waals surface area contributed by atoms with E-state index in [9.17, 15) is 26.4 Å². The van der Waals surface area contributed by atoms with Gasteiger partial charge in [-0.2, -0.15) is 13.2 Å². The number of halogens is 3. The number of rotatable bonds is 7. The van der Waals surface area contributed by atoms with Crippen LogP contribution in [0.15, 0.2) is 0 Å². The molecule has 0 spiro atoms. The van der Waals surface area contributed by atoms with Gasteiger partial charge in [-0.05, 0) is 24.7 Å². The number of unbranched alkanes of at least 4 members (excludes halogenated alkanes) is 1. The summed E-state index contributed by atoms with van der Waals surface area (Å²) >= 11 is 0. The summed E-state index contributed by atoms with van der Waals surface area (Å²) in [5.74, 6) is -1.01. The monoisotopic (exact) mass is 400 g/mol. The van der Waals surface area contributed by atoms with Crippen molar-refractivity contribution in [3.63, 3.8) is 0 Å². The fourth-order valence-corrected chi connectivity index (χ4v) is 4.77. The molecule has 0 N–H and O–H groups in total. The van der Waals surface area contributed by atoms with Gasteiger partial charge < -0.3 is 4.90 Å². The second-order valence-electron chi connectivity index (χ2n) is 8.21.